The second-order valence-corrected chi connectivity index (χ2v) is 7.43. The Kier molecular flexibility index (Phi) is 6.36. The maximum Gasteiger partial charge on any atom is 0.228 e. The maximum absolute atomic E-state index is 12.6. The van der Waals surface area contributed by atoms with Crippen molar-refractivity contribution in [3.05, 3.63) is 53.1 Å². The molecule has 148 valence electrons. The summed E-state index contributed by atoms with van der Waals surface area (Å²) in [7, 11) is 0. The number of rotatable bonds is 5. The van der Waals surface area contributed by atoms with Crippen LogP contribution < -0.4 is 16.0 Å². The summed E-state index contributed by atoms with van der Waals surface area (Å²) >= 11 is 0. The van der Waals surface area contributed by atoms with Crippen LogP contribution in [0, 0.1) is 32.6 Å². The van der Waals surface area contributed by atoms with Crippen molar-refractivity contribution in [3.63, 3.8) is 0 Å². The molecule has 1 fully saturated rings. The number of nitrogens with zero attached hydrogens (tertiary/aromatic N) is 2. The number of hydrogen-bond acceptors (Lipinski definition) is 5. The second-order valence-electron chi connectivity index (χ2n) is 7.43. The van der Waals surface area contributed by atoms with Gasteiger partial charge in [-0.15, -0.1) is 0 Å². The second kappa shape index (κ2) is 8.93. The van der Waals surface area contributed by atoms with E-state index in [2.05, 4.69) is 25.9 Å². The monoisotopic (exact) mass is 381 g/mol. The fraction of sp³-hybridized carbons (Fsp3) is 0.429. The van der Waals surface area contributed by atoms with Gasteiger partial charge in [0.05, 0.1) is 18.4 Å². The lowest BCUT2D eigenvalue weighted by Gasteiger charge is -2.28. The van der Waals surface area contributed by atoms with Gasteiger partial charge in [-0.05, 0) is 45.4 Å². The molecule has 1 aliphatic rings. The fourth-order valence-corrected chi connectivity index (χ4v) is 3.41. The number of carbonyl (C=O) groups excluding carboxylic acids is 2. The molecule has 1 aromatic carbocycles. The Hall–Kier alpha value is -2.80. The molecule has 28 heavy (non-hydrogen) atoms. The molecule has 0 radical (unpaired) electrons. The molecule has 7 nitrogen and oxygen atoms in total. The number of carbonyl (C=O) groups is 2. The van der Waals surface area contributed by atoms with Gasteiger partial charge in [0.2, 0.25) is 11.8 Å². The molecule has 2 heterocycles. The van der Waals surface area contributed by atoms with Crippen LogP contribution in [0.15, 0.2) is 30.3 Å². The lowest BCUT2D eigenvalue weighted by atomic mass is 9.89. The minimum Gasteiger partial charge on any atom is -0.349 e. The molecular formula is C21H27N5O2. The standard InChI is InChI=1S/C21H27N5O2/c1-13-4-6-18(7-5-13)26-21(28)17-9-16(10-22-11-17)20(27)23-12-19-24-14(2)8-15(3)25-19/h4-8,16-17,22H,9-12H2,1-3H3,(H,23,27)(H,26,28)/t16-,17+/m1/s1. The van der Waals surface area contributed by atoms with E-state index in [1.807, 2.05) is 51.1 Å². The molecule has 0 bridgehead atoms. The molecule has 2 aromatic rings. The summed E-state index contributed by atoms with van der Waals surface area (Å²) in [5, 5.41) is 9.05. The molecule has 1 saturated heterocycles. The summed E-state index contributed by atoms with van der Waals surface area (Å²) in [6.45, 7) is 7.24. The van der Waals surface area contributed by atoms with Crippen molar-refractivity contribution in [1.82, 2.24) is 20.6 Å². The first-order valence-corrected chi connectivity index (χ1v) is 9.58. The van der Waals surface area contributed by atoms with Crippen LogP contribution in [0.3, 0.4) is 0 Å². The highest BCUT2D eigenvalue weighted by Gasteiger charge is 2.31. The highest BCUT2D eigenvalue weighted by Crippen LogP contribution is 2.19. The molecule has 0 aliphatic carbocycles. The van der Waals surface area contributed by atoms with E-state index < -0.39 is 0 Å². The van der Waals surface area contributed by atoms with Gasteiger partial charge in [0.15, 0.2) is 0 Å². The van der Waals surface area contributed by atoms with Gasteiger partial charge in [0.1, 0.15) is 5.82 Å². The largest absolute Gasteiger partial charge is 0.349 e. The summed E-state index contributed by atoms with van der Waals surface area (Å²) in [5.74, 6) is -0.0467. The van der Waals surface area contributed by atoms with Gasteiger partial charge in [0, 0.05) is 30.2 Å². The average molecular weight is 381 g/mol. The number of amides is 2. The molecule has 3 rings (SSSR count). The van der Waals surface area contributed by atoms with E-state index >= 15 is 0 Å². The minimum atomic E-state index is -0.256. The molecule has 2 amide bonds. The van der Waals surface area contributed by atoms with Gasteiger partial charge in [-0.1, -0.05) is 17.7 Å². The van der Waals surface area contributed by atoms with Gasteiger partial charge in [-0.3, -0.25) is 9.59 Å². The summed E-state index contributed by atoms with van der Waals surface area (Å²) < 4.78 is 0. The Morgan fingerprint density at radius 1 is 1.00 bits per heavy atom. The number of aryl methyl sites for hydroxylation is 3. The lowest BCUT2D eigenvalue weighted by Crippen LogP contribution is -2.47. The van der Waals surface area contributed by atoms with E-state index in [1.54, 1.807) is 0 Å². The first-order valence-electron chi connectivity index (χ1n) is 9.58. The summed E-state index contributed by atoms with van der Waals surface area (Å²) in [5.41, 5.74) is 3.67. The zero-order valence-corrected chi connectivity index (χ0v) is 16.6. The van der Waals surface area contributed by atoms with E-state index in [0.717, 1.165) is 22.6 Å². The molecule has 2 atom stereocenters. The Labute approximate surface area is 165 Å². The van der Waals surface area contributed by atoms with Crippen LogP contribution in [0.25, 0.3) is 0 Å². The lowest BCUT2D eigenvalue weighted by molar-refractivity contribution is -0.127. The quantitative estimate of drug-likeness (QED) is 0.735. The van der Waals surface area contributed by atoms with Gasteiger partial charge in [0.25, 0.3) is 0 Å². The number of benzene rings is 1. The van der Waals surface area contributed by atoms with Crippen LogP contribution in [0.2, 0.25) is 0 Å². The molecule has 7 heteroatoms. The highest BCUT2D eigenvalue weighted by atomic mass is 16.2. The smallest absolute Gasteiger partial charge is 0.228 e. The first-order chi connectivity index (χ1) is 13.4. The Morgan fingerprint density at radius 2 is 1.61 bits per heavy atom. The molecular weight excluding hydrogens is 354 g/mol. The predicted molar refractivity (Wildman–Crippen MR) is 108 cm³/mol. The third kappa shape index (κ3) is 5.36. The van der Waals surface area contributed by atoms with Crippen molar-refractivity contribution in [2.45, 2.75) is 33.7 Å². The van der Waals surface area contributed by atoms with E-state index in [0.29, 0.717) is 25.3 Å². The fourth-order valence-electron chi connectivity index (χ4n) is 3.41. The third-order valence-electron chi connectivity index (χ3n) is 4.86. The van der Waals surface area contributed by atoms with Crippen LogP contribution in [0.1, 0.15) is 29.2 Å². The topological polar surface area (TPSA) is 96.0 Å². The van der Waals surface area contributed by atoms with Gasteiger partial charge in [-0.2, -0.15) is 0 Å². The first kappa shape index (κ1) is 19.9. The van der Waals surface area contributed by atoms with Gasteiger partial charge < -0.3 is 16.0 Å². The number of anilines is 1. The Bertz CT molecular complexity index is 830. The van der Waals surface area contributed by atoms with Crippen molar-refractivity contribution < 1.29 is 9.59 Å². The number of aromatic nitrogens is 2. The van der Waals surface area contributed by atoms with E-state index in [-0.39, 0.29) is 30.2 Å². The van der Waals surface area contributed by atoms with E-state index in [1.165, 1.54) is 0 Å². The van der Waals surface area contributed by atoms with Gasteiger partial charge in [-0.25, -0.2) is 9.97 Å². The molecule has 0 saturated carbocycles. The van der Waals surface area contributed by atoms with Crippen molar-refractivity contribution in [2.75, 3.05) is 18.4 Å². The van der Waals surface area contributed by atoms with Crippen LogP contribution in [0.4, 0.5) is 5.69 Å². The SMILES string of the molecule is Cc1ccc(NC(=O)[C@@H]2CNC[C@H](C(=O)NCc3nc(C)cc(C)n3)C2)cc1. The van der Waals surface area contributed by atoms with Crippen LogP contribution in [-0.4, -0.2) is 34.9 Å². The zero-order chi connectivity index (χ0) is 20.1. The highest BCUT2D eigenvalue weighted by molar-refractivity contribution is 5.93. The molecule has 1 aromatic heterocycles. The van der Waals surface area contributed by atoms with Crippen molar-refractivity contribution in [1.29, 1.82) is 0 Å². The Morgan fingerprint density at radius 3 is 2.25 bits per heavy atom. The van der Waals surface area contributed by atoms with Crippen molar-refractivity contribution >= 4 is 17.5 Å². The maximum atomic E-state index is 12.6. The summed E-state index contributed by atoms with van der Waals surface area (Å²) in [4.78, 5) is 33.8. The normalized spacial score (nSPS) is 19.1. The average Bonchev–Trinajstić information content (AvgIpc) is 2.67. The van der Waals surface area contributed by atoms with Crippen molar-refractivity contribution in [2.24, 2.45) is 11.8 Å². The van der Waals surface area contributed by atoms with Crippen molar-refractivity contribution in [3.8, 4) is 0 Å². The Balaban J connectivity index is 1.53. The molecule has 3 N–H and O–H groups in total. The number of nitrogens with one attached hydrogen (secondary N) is 3. The molecule has 0 unspecified atom stereocenters. The number of piperidine rings is 1. The van der Waals surface area contributed by atoms with E-state index in [9.17, 15) is 9.59 Å². The third-order valence-corrected chi connectivity index (χ3v) is 4.86. The number of hydrogen-bond donors (Lipinski definition) is 3. The van der Waals surface area contributed by atoms with E-state index in [4.69, 9.17) is 0 Å². The molecule has 0 spiro atoms. The predicted octanol–water partition coefficient (Wildman–Crippen LogP) is 1.88. The summed E-state index contributed by atoms with van der Waals surface area (Å²) in [6, 6.07) is 9.59. The molecule has 1 aliphatic heterocycles. The van der Waals surface area contributed by atoms with Crippen LogP contribution in [-0.2, 0) is 16.1 Å². The summed E-state index contributed by atoms with van der Waals surface area (Å²) in [6.07, 6.45) is 0.518. The minimum absolute atomic E-state index is 0.0634. The van der Waals surface area contributed by atoms with Crippen LogP contribution in [0.5, 0.6) is 0 Å². The van der Waals surface area contributed by atoms with Gasteiger partial charge >= 0.3 is 0 Å². The zero-order valence-electron chi connectivity index (χ0n) is 16.6. The van der Waals surface area contributed by atoms with Crippen LogP contribution >= 0.6 is 0 Å².